The molecule has 0 fully saturated rings. The van der Waals surface area contributed by atoms with Crippen LogP contribution in [0.2, 0.25) is 0 Å². The van der Waals surface area contributed by atoms with E-state index in [1.54, 1.807) is 0 Å². The van der Waals surface area contributed by atoms with Gasteiger partial charge in [-0.05, 0) is 27.2 Å². The molecule has 0 amide bonds. The van der Waals surface area contributed by atoms with E-state index in [9.17, 15) is 0 Å². The van der Waals surface area contributed by atoms with Gasteiger partial charge in [0, 0.05) is 0 Å². The quantitative estimate of drug-likeness (QED) is 0.860. The molecule has 0 saturated heterocycles. The maximum absolute atomic E-state index is 5.86. The minimum absolute atomic E-state index is 0.00545. The summed E-state index contributed by atoms with van der Waals surface area (Å²) in [5.74, 6) is 0. The maximum Gasteiger partial charge on any atom is 0.143 e. The molecule has 1 aromatic rings. The third kappa shape index (κ3) is 4.24. The van der Waals surface area contributed by atoms with Gasteiger partial charge < -0.3 is 10.5 Å². The average molecular weight is 229 g/mol. The van der Waals surface area contributed by atoms with E-state index in [1.807, 2.05) is 27.7 Å². The molecule has 0 aliphatic carbocycles. The third-order valence-corrected chi connectivity index (χ3v) is 2.90. The van der Waals surface area contributed by atoms with Crippen LogP contribution in [0.4, 0.5) is 0 Å². The van der Waals surface area contributed by atoms with Crippen molar-refractivity contribution in [2.45, 2.75) is 52.4 Å². The second-order valence-corrected chi connectivity index (χ2v) is 5.54. The Morgan fingerprint density at radius 2 is 2.07 bits per heavy atom. The monoisotopic (exact) mass is 229 g/mol. The van der Waals surface area contributed by atoms with E-state index in [0.717, 1.165) is 16.4 Å². The zero-order chi connectivity index (χ0) is 11.5. The van der Waals surface area contributed by atoms with E-state index in [1.165, 1.54) is 11.3 Å². The number of nitrogens with zero attached hydrogens (tertiary/aromatic N) is 2. The normalized spacial score (nSPS) is 14.2. The molecule has 0 aliphatic rings. The Labute approximate surface area is 94.9 Å². The lowest BCUT2D eigenvalue weighted by Crippen LogP contribution is -2.18. The van der Waals surface area contributed by atoms with Crippen molar-refractivity contribution in [3.63, 3.8) is 0 Å². The fraction of sp³-hybridized carbons (Fsp3) is 0.800. The molecule has 1 atom stereocenters. The first-order valence-corrected chi connectivity index (χ1v) is 5.96. The third-order valence-electron chi connectivity index (χ3n) is 1.87. The van der Waals surface area contributed by atoms with E-state index >= 15 is 0 Å². The summed E-state index contributed by atoms with van der Waals surface area (Å²) in [5, 5.41) is 9.89. The summed E-state index contributed by atoms with van der Waals surface area (Å²) in [6.45, 7) is 8.61. The summed E-state index contributed by atoms with van der Waals surface area (Å²) >= 11 is 1.53. The van der Waals surface area contributed by atoms with Crippen molar-refractivity contribution in [2.24, 2.45) is 5.73 Å². The zero-order valence-corrected chi connectivity index (χ0v) is 10.6. The van der Waals surface area contributed by atoms with Gasteiger partial charge in [0.2, 0.25) is 0 Å². The van der Waals surface area contributed by atoms with Crippen LogP contribution in [0.25, 0.3) is 0 Å². The van der Waals surface area contributed by atoms with Crippen molar-refractivity contribution < 1.29 is 4.74 Å². The van der Waals surface area contributed by atoms with Gasteiger partial charge in [0.05, 0.1) is 11.6 Å². The number of rotatable bonds is 4. The lowest BCUT2D eigenvalue weighted by atomic mass is 10.2. The molecule has 15 heavy (non-hydrogen) atoms. The molecular weight excluding hydrogens is 210 g/mol. The van der Waals surface area contributed by atoms with Crippen LogP contribution >= 0.6 is 11.3 Å². The summed E-state index contributed by atoms with van der Waals surface area (Å²) in [6.07, 6.45) is 0.884. The predicted octanol–water partition coefficient (Wildman–Crippen LogP) is 2.26. The predicted molar refractivity (Wildman–Crippen MR) is 61.7 cm³/mol. The Morgan fingerprint density at radius 1 is 1.40 bits per heavy atom. The van der Waals surface area contributed by atoms with E-state index < -0.39 is 0 Å². The highest BCUT2D eigenvalue weighted by atomic mass is 32.1. The van der Waals surface area contributed by atoms with Crippen molar-refractivity contribution in [3.8, 4) is 0 Å². The van der Waals surface area contributed by atoms with Gasteiger partial charge >= 0.3 is 0 Å². The largest absolute Gasteiger partial charge is 0.369 e. The number of ether oxygens (including phenoxy) is 1. The molecule has 0 saturated carbocycles. The minimum Gasteiger partial charge on any atom is -0.369 e. The summed E-state index contributed by atoms with van der Waals surface area (Å²) in [7, 11) is 0. The van der Waals surface area contributed by atoms with Crippen LogP contribution in [0, 0.1) is 0 Å². The first-order chi connectivity index (χ1) is 6.92. The number of aromatic nitrogens is 2. The fourth-order valence-corrected chi connectivity index (χ4v) is 1.77. The van der Waals surface area contributed by atoms with Gasteiger partial charge in [0.25, 0.3) is 0 Å². The summed E-state index contributed by atoms with van der Waals surface area (Å²) in [6, 6.07) is 0.00545. The second-order valence-electron chi connectivity index (χ2n) is 4.45. The smallest absolute Gasteiger partial charge is 0.143 e. The van der Waals surface area contributed by atoms with Crippen LogP contribution in [0.3, 0.4) is 0 Å². The van der Waals surface area contributed by atoms with E-state index in [4.69, 9.17) is 10.5 Å². The van der Waals surface area contributed by atoms with Crippen LogP contribution in [0.15, 0.2) is 0 Å². The Balaban J connectivity index is 2.53. The number of hydrogen-bond donors (Lipinski definition) is 1. The van der Waals surface area contributed by atoms with Gasteiger partial charge in [-0.3, -0.25) is 0 Å². The minimum atomic E-state index is -0.140. The first kappa shape index (κ1) is 12.5. The van der Waals surface area contributed by atoms with Crippen molar-refractivity contribution >= 4 is 11.3 Å². The zero-order valence-electron chi connectivity index (χ0n) is 9.78. The van der Waals surface area contributed by atoms with Gasteiger partial charge in [-0.2, -0.15) is 0 Å². The van der Waals surface area contributed by atoms with Gasteiger partial charge in [-0.15, -0.1) is 10.2 Å². The van der Waals surface area contributed by atoms with Crippen molar-refractivity contribution in [2.75, 3.05) is 0 Å². The molecule has 0 aromatic carbocycles. The molecular formula is C10H19N3OS. The molecule has 0 aliphatic heterocycles. The van der Waals surface area contributed by atoms with Gasteiger partial charge in [-0.1, -0.05) is 18.3 Å². The van der Waals surface area contributed by atoms with Crippen molar-refractivity contribution in [1.82, 2.24) is 10.2 Å². The summed E-state index contributed by atoms with van der Waals surface area (Å²) < 4.78 is 5.61. The Kier molecular flexibility index (Phi) is 4.19. The molecule has 2 N–H and O–H groups in total. The number of hydrogen-bond acceptors (Lipinski definition) is 5. The first-order valence-electron chi connectivity index (χ1n) is 5.14. The molecule has 0 bridgehead atoms. The fourth-order valence-electron chi connectivity index (χ4n) is 0.928. The lowest BCUT2D eigenvalue weighted by molar-refractivity contribution is -0.0152. The van der Waals surface area contributed by atoms with Gasteiger partial charge in [0.15, 0.2) is 0 Å². The van der Waals surface area contributed by atoms with Crippen molar-refractivity contribution in [3.05, 3.63) is 10.0 Å². The summed E-state index contributed by atoms with van der Waals surface area (Å²) in [4.78, 5) is 0. The van der Waals surface area contributed by atoms with E-state index in [2.05, 4.69) is 10.2 Å². The van der Waals surface area contributed by atoms with Crippen LogP contribution < -0.4 is 5.73 Å². The van der Waals surface area contributed by atoms with Gasteiger partial charge in [-0.25, -0.2) is 0 Å². The topological polar surface area (TPSA) is 61.0 Å². The molecule has 1 unspecified atom stereocenters. The standard InChI is InChI=1S/C10H19N3OS/c1-5-7(11)9-13-12-8(15-9)6-14-10(2,3)4/h7H,5-6,11H2,1-4H3. The SMILES string of the molecule is CCC(N)c1nnc(COC(C)(C)C)s1. The maximum atomic E-state index is 5.86. The highest BCUT2D eigenvalue weighted by molar-refractivity contribution is 7.11. The molecule has 1 rings (SSSR count). The Bertz CT molecular complexity index is 306. The molecule has 4 nitrogen and oxygen atoms in total. The summed E-state index contributed by atoms with van der Waals surface area (Å²) in [5.41, 5.74) is 5.72. The van der Waals surface area contributed by atoms with E-state index in [-0.39, 0.29) is 11.6 Å². The lowest BCUT2D eigenvalue weighted by Gasteiger charge is -2.17. The highest BCUT2D eigenvalue weighted by Gasteiger charge is 2.14. The molecule has 0 radical (unpaired) electrons. The molecule has 86 valence electrons. The Hall–Kier alpha value is -0.520. The van der Waals surface area contributed by atoms with Crippen molar-refractivity contribution in [1.29, 1.82) is 0 Å². The molecule has 1 aromatic heterocycles. The van der Waals surface area contributed by atoms with Crippen LogP contribution in [-0.4, -0.2) is 15.8 Å². The second kappa shape index (κ2) is 5.01. The van der Waals surface area contributed by atoms with Crippen LogP contribution in [0.1, 0.15) is 50.2 Å². The average Bonchev–Trinajstić information content (AvgIpc) is 2.61. The van der Waals surface area contributed by atoms with Crippen LogP contribution in [0.5, 0.6) is 0 Å². The Morgan fingerprint density at radius 3 is 2.60 bits per heavy atom. The molecule has 5 heteroatoms. The number of nitrogens with two attached hydrogens (primary N) is 1. The van der Waals surface area contributed by atoms with E-state index in [0.29, 0.717) is 6.61 Å². The molecule has 0 spiro atoms. The molecule has 1 heterocycles. The van der Waals surface area contributed by atoms with Gasteiger partial charge in [0.1, 0.15) is 16.6 Å². The highest BCUT2D eigenvalue weighted by Crippen LogP contribution is 2.20. The van der Waals surface area contributed by atoms with Crippen LogP contribution in [-0.2, 0) is 11.3 Å².